The van der Waals surface area contributed by atoms with E-state index in [1.165, 1.54) is 0 Å². The van der Waals surface area contributed by atoms with E-state index in [1.807, 2.05) is 0 Å². The van der Waals surface area contributed by atoms with Gasteiger partial charge in [-0.05, 0) is 11.6 Å². The van der Waals surface area contributed by atoms with Crippen LogP contribution in [0.1, 0.15) is 12.5 Å². The normalized spacial score (nSPS) is 12.3. The van der Waals surface area contributed by atoms with Gasteiger partial charge in [0.1, 0.15) is 0 Å². The Balaban J connectivity index is 3.05. The Labute approximate surface area is 104 Å². The molecule has 0 aliphatic heterocycles. The van der Waals surface area contributed by atoms with Gasteiger partial charge in [-0.25, -0.2) is 5.06 Å². The van der Waals surface area contributed by atoms with E-state index in [0.29, 0.717) is 10.6 Å². The number of hydroxylamine groups is 2. The quantitative estimate of drug-likeness (QED) is 0.437. The number of carbonyl (C=O) groups is 1. The molecule has 0 bridgehead atoms. The summed E-state index contributed by atoms with van der Waals surface area (Å²) in [5, 5.41) is 9.33. The van der Waals surface area contributed by atoms with Gasteiger partial charge in [0, 0.05) is 6.92 Å². The number of rotatable bonds is 4. The summed E-state index contributed by atoms with van der Waals surface area (Å²) in [5.41, 5.74) is 0.350. The van der Waals surface area contributed by atoms with Crippen LogP contribution in [-0.4, -0.2) is 32.5 Å². The average molecular weight is 271 g/mol. The fourth-order valence-electron chi connectivity index (χ4n) is 1.32. The molecule has 1 amide bonds. The molecule has 6 nitrogen and oxygen atoms in total. The first kappa shape index (κ1) is 14.6. The fourth-order valence-corrected chi connectivity index (χ4v) is 2.12. The van der Waals surface area contributed by atoms with Crippen LogP contribution in [0, 0.1) is 0 Å². The third-order valence-corrected chi connectivity index (χ3v) is 3.27. The van der Waals surface area contributed by atoms with E-state index in [9.17, 15) is 24.4 Å². The molecule has 0 fully saturated rings. The van der Waals surface area contributed by atoms with Crippen molar-refractivity contribution >= 4 is 18.8 Å². The monoisotopic (exact) mass is 271 g/mol. The molecular formula is C11H14NO5P. The first-order valence-corrected chi connectivity index (χ1v) is 6.72. The summed E-state index contributed by atoms with van der Waals surface area (Å²) in [7, 11) is -4.47. The zero-order valence-corrected chi connectivity index (χ0v) is 10.6. The number of hydrogen-bond donors (Lipinski definition) is 3. The predicted molar refractivity (Wildman–Crippen MR) is 65.6 cm³/mol. The molecule has 1 aromatic carbocycles. The molecule has 0 unspecified atom stereocenters. The molecule has 0 atom stereocenters. The Hall–Kier alpha value is -1.46. The second-order valence-electron chi connectivity index (χ2n) is 3.60. The lowest BCUT2D eigenvalue weighted by Crippen LogP contribution is -2.24. The highest BCUT2D eigenvalue weighted by Gasteiger charge is 2.22. The van der Waals surface area contributed by atoms with Crippen molar-refractivity contribution in [2.75, 3.05) is 6.54 Å². The van der Waals surface area contributed by atoms with Crippen LogP contribution in [0.3, 0.4) is 0 Å². The lowest BCUT2D eigenvalue weighted by Gasteiger charge is -2.13. The molecule has 7 heteroatoms. The second-order valence-corrected chi connectivity index (χ2v) is 5.17. The van der Waals surface area contributed by atoms with Crippen LogP contribution in [-0.2, 0) is 9.36 Å². The average Bonchev–Trinajstić information content (AvgIpc) is 2.28. The van der Waals surface area contributed by atoms with Crippen LogP contribution in [0.2, 0.25) is 0 Å². The van der Waals surface area contributed by atoms with Crippen molar-refractivity contribution in [3.63, 3.8) is 0 Å². The maximum absolute atomic E-state index is 11.4. The van der Waals surface area contributed by atoms with E-state index in [2.05, 4.69) is 0 Å². The van der Waals surface area contributed by atoms with Gasteiger partial charge in [0.2, 0.25) is 5.91 Å². The smallest absolute Gasteiger partial charge is 0.321 e. The summed E-state index contributed by atoms with van der Waals surface area (Å²) in [6.07, 6.45) is 1.14. The van der Waals surface area contributed by atoms with Crippen LogP contribution >= 0.6 is 7.60 Å². The molecule has 0 saturated carbocycles. The molecule has 0 aliphatic rings. The van der Waals surface area contributed by atoms with Crippen LogP contribution in [0.25, 0.3) is 5.31 Å². The van der Waals surface area contributed by atoms with Crippen molar-refractivity contribution in [2.24, 2.45) is 0 Å². The van der Waals surface area contributed by atoms with E-state index >= 15 is 0 Å². The van der Waals surface area contributed by atoms with Crippen molar-refractivity contribution in [2.45, 2.75) is 6.92 Å². The number of nitrogens with zero attached hydrogens (tertiary/aromatic N) is 1. The number of benzene rings is 1. The lowest BCUT2D eigenvalue weighted by molar-refractivity contribution is -0.160. The molecule has 1 rings (SSSR count). The summed E-state index contributed by atoms with van der Waals surface area (Å²) in [5.74, 6) is -0.607. The van der Waals surface area contributed by atoms with E-state index < -0.39 is 13.5 Å². The van der Waals surface area contributed by atoms with Crippen LogP contribution in [0.5, 0.6) is 0 Å². The highest BCUT2D eigenvalue weighted by Crippen LogP contribution is 2.50. The zero-order chi connectivity index (χ0) is 13.8. The van der Waals surface area contributed by atoms with E-state index in [1.54, 1.807) is 30.3 Å². The molecule has 0 aliphatic carbocycles. The van der Waals surface area contributed by atoms with Gasteiger partial charge in [0.25, 0.3) is 0 Å². The molecule has 0 radical (unpaired) electrons. The molecule has 0 saturated heterocycles. The van der Waals surface area contributed by atoms with Gasteiger partial charge in [-0.15, -0.1) is 0 Å². The molecule has 3 N–H and O–H groups in total. The van der Waals surface area contributed by atoms with Crippen molar-refractivity contribution in [1.82, 2.24) is 5.06 Å². The second kappa shape index (κ2) is 5.93. The minimum Gasteiger partial charge on any atom is -0.321 e. The number of amides is 1. The molecule has 0 aromatic heterocycles. The first-order chi connectivity index (χ1) is 8.32. The molecule has 0 spiro atoms. The van der Waals surface area contributed by atoms with Gasteiger partial charge < -0.3 is 9.79 Å². The summed E-state index contributed by atoms with van der Waals surface area (Å²) < 4.78 is 11.4. The molecular weight excluding hydrogens is 257 g/mol. The Bertz CT molecular complexity index is 493. The van der Waals surface area contributed by atoms with Gasteiger partial charge in [-0.2, -0.15) is 0 Å². The minimum atomic E-state index is -4.47. The summed E-state index contributed by atoms with van der Waals surface area (Å²) in [6.45, 7) is 0.859. The largest absolute Gasteiger partial charge is 0.356 e. The molecule has 18 heavy (non-hydrogen) atoms. The maximum atomic E-state index is 11.4. The molecule has 0 heterocycles. The lowest BCUT2D eigenvalue weighted by atomic mass is 10.2. The number of hydrogen-bond acceptors (Lipinski definition) is 3. The fraction of sp³-hybridized carbons (Fsp3) is 0.182. The van der Waals surface area contributed by atoms with E-state index in [-0.39, 0.29) is 11.9 Å². The van der Waals surface area contributed by atoms with Gasteiger partial charge in [0.05, 0.1) is 11.9 Å². The summed E-state index contributed by atoms with van der Waals surface area (Å²) >= 11 is 0. The Morgan fingerprint density at radius 2 is 1.89 bits per heavy atom. The SMILES string of the molecule is CC(=O)N(O)C/C=C(/c1ccccc1)P(=O)(O)O. The van der Waals surface area contributed by atoms with Gasteiger partial charge in [-0.1, -0.05) is 30.3 Å². The standard InChI is InChI=1S/C11H14NO5P/c1-9(13)12(14)8-7-11(18(15,16)17)10-5-3-2-4-6-10/h2-7,14H,8H2,1H3,(H2,15,16,17)/b11-7-. The van der Waals surface area contributed by atoms with Crippen LogP contribution in [0.15, 0.2) is 36.4 Å². The summed E-state index contributed by atoms with van der Waals surface area (Å²) in [4.78, 5) is 29.3. The van der Waals surface area contributed by atoms with Crippen LogP contribution in [0.4, 0.5) is 0 Å². The minimum absolute atomic E-state index is 0.219. The Morgan fingerprint density at radius 1 is 1.33 bits per heavy atom. The molecule has 1 aromatic rings. The van der Waals surface area contributed by atoms with Gasteiger partial charge in [-0.3, -0.25) is 14.6 Å². The zero-order valence-electron chi connectivity index (χ0n) is 9.72. The van der Waals surface area contributed by atoms with Crippen molar-refractivity contribution in [3.8, 4) is 0 Å². The highest BCUT2D eigenvalue weighted by atomic mass is 31.2. The topological polar surface area (TPSA) is 98.1 Å². The Kier molecular flexibility index (Phi) is 4.81. The van der Waals surface area contributed by atoms with Gasteiger partial charge >= 0.3 is 7.60 Å². The van der Waals surface area contributed by atoms with Crippen molar-refractivity contribution in [3.05, 3.63) is 42.0 Å². The van der Waals surface area contributed by atoms with E-state index in [4.69, 9.17) is 0 Å². The first-order valence-electron chi connectivity index (χ1n) is 5.11. The highest BCUT2D eigenvalue weighted by molar-refractivity contribution is 7.63. The molecule has 98 valence electrons. The van der Waals surface area contributed by atoms with Crippen molar-refractivity contribution < 1.29 is 24.4 Å². The maximum Gasteiger partial charge on any atom is 0.356 e. The van der Waals surface area contributed by atoms with Gasteiger partial charge in [0.15, 0.2) is 0 Å². The van der Waals surface area contributed by atoms with Crippen molar-refractivity contribution in [1.29, 1.82) is 0 Å². The third kappa shape index (κ3) is 4.09. The number of carbonyl (C=O) groups excluding carboxylic acids is 1. The summed E-state index contributed by atoms with van der Waals surface area (Å²) in [6, 6.07) is 8.08. The third-order valence-electron chi connectivity index (χ3n) is 2.20. The van der Waals surface area contributed by atoms with Crippen LogP contribution < -0.4 is 0 Å². The van der Waals surface area contributed by atoms with E-state index in [0.717, 1.165) is 13.0 Å². The predicted octanol–water partition coefficient (Wildman–Crippen LogP) is 1.44. The Morgan fingerprint density at radius 3 is 2.33 bits per heavy atom.